The van der Waals surface area contributed by atoms with Crippen molar-refractivity contribution in [3.8, 4) is 0 Å². The molecule has 0 saturated carbocycles. The molecule has 1 aliphatic heterocycles. The van der Waals surface area contributed by atoms with Gasteiger partial charge in [-0.05, 0) is 32.1 Å². The summed E-state index contributed by atoms with van der Waals surface area (Å²) in [5, 5.41) is 3.33. The standard InChI is InChI=1S/C12H22N2/c1-2-3-4-5-6-7-8-9-12-13-10-11-14-12/h3-4,10,12,14H,2,5-9,11H2,1H3/b4-3+. The quantitative estimate of drug-likeness (QED) is 0.489. The zero-order valence-corrected chi connectivity index (χ0v) is 9.21. The van der Waals surface area contributed by atoms with Crippen LogP contribution in [0.2, 0.25) is 0 Å². The summed E-state index contributed by atoms with van der Waals surface area (Å²) in [6, 6.07) is 0. The Balaban J connectivity index is 1.84. The largest absolute Gasteiger partial charge is 0.291 e. The van der Waals surface area contributed by atoms with Crippen molar-refractivity contribution in [1.29, 1.82) is 0 Å². The fourth-order valence-electron chi connectivity index (χ4n) is 1.66. The van der Waals surface area contributed by atoms with Crippen LogP contribution in [0.15, 0.2) is 17.1 Å². The highest BCUT2D eigenvalue weighted by atomic mass is 15.1. The van der Waals surface area contributed by atoms with Gasteiger partial charge in [0, 0.05) is 12.8 Å². The molecule has 0 bridgehead atoms. The summed E-state index contributed by atoms with van der Waals surface area (Å²) in [4.78, 5) is 4.33. The molecule has 1 aliphatic rings. The molecular weight excluding hydrogens is 172 g/mol. The number of hydrogen-bond acceptors (Lipinski definition) is 2. The van der Waals surface area contributed by atoms with Crippen molar-refractivity contribution in [3.63, 3.8) is 0 Å². The van der Waals surface area contributed by atoms with Crippen LogP contribution in [-0.4, -0.2) is 18.9 Å². The monoisotopic (exact) mass is 194 g/mol. The molecule has 1 rings (SSSR count). The van der Waals surface area contributed by atoms with Crippen molar-refractivity contribution in [2.45, 2.75) is 51.6 Å². The summed E-state index contributed by atoms with van der Waals surface area (Å²) in [7, 11) is 0. The van der Waals surface area contributed by atoms with Crippen LogP contribution in [0, 0.1) is 0 Å². The molecule has 0 fully saturated rings. The Morgan fingerprint density at radius 1 is 1.36 bits per heavy atom. The van der Waals surface area contributed by atoms with Gasteiger partial charge in [0.25, 0.3) is 0 Å². The smallest absolute Gasteiger partial charge is 0.0993 e. The van der Waals surface area contributed by atoms with Gasteiger partial charge < -0.3 is 0 Å². The number of nitrogens with one attached hydrogen (secondary N) is 1. The van der Waals surface area contributed by atoms with Gasteiger partial charge in [-0.2, -0.15) is 0 Å². The van der Waals surface area contributed by atoms with Crippen molar-refractivity contribution in [3.05, 3.63) is 12.2 Å². The van der Waals surface area contributed by atoms with E-state index in [1.165, 1.54) is 38.5 Å². The minimum atomic E-state index is 0.418. The van der Waals surface area contributed by atoms with Crippen LogP contribution in [0.3, 0.4) is 0 Å². The van der Waals surface area contributed by atoms with Crippen LogP contribution in [-0.2, 0) is 0 Å². The fourth-order valence-corrected chi connectivity index (χ4v) is 1.66. The first kappa shape index (κ1) is 11.4. The summed E-state index contributed by atoms with van der Waals surface area (Å²) in [5.41, 5.74) is 0. The van der Waals surface area contributed by atoms with E-state index in [2.05, 4.69) is 29.4 Å². The second kappa shape index (κ2) is 7.74. The Morgan fingerprint density at radius 3 is 3.00 bits per heavy atom. The van der Waals surface area contributed by atoms with Gasteiger partial charge in [0.1, 0.15) is 0 Å². The van der Waals surface area contributed by atoms with E-state index in [0.29, 0.717) is 6.17 Å². The zero-order valence-electron chi connectivity index (χ0n) is 9.21. The lowest BCUT2D eigenvalue weighted by molar-refractivity contribution is 0.516. The zero-order chi connectivity index (χ0) is 10.1. The number of aliphatic imine (C=N–C) groups is 1. The molecule has 80 valence electrons. The van der Waals surface area contributed by atoms with Gasteiger partial charge in [0.05, 0.1) is 6.17 Å². The van der Waals surface area contributed by atoms with Crippen molar-refractivity contribution >= 4 is 6.21 Å². The van der Waals surface area contributed by atoms with Gasteiger partial charge in [-0.25, -0.2) is 0 Å². The molecule has 1 heterocycles. The molecule has 14 heavy (non-hydrogen) atoms. The number of hydrogen-bond donors (Lipinski definition) is 1. The lowest BCUT2D eigenvalue weighted by Gasteiger charge is -2.06. The fraction of sp³-hybridized carbons (Fsp3) is 0.750. The molecule has 0 amide bonds. The third-order valence-electron chi connectivity index (χ3n) is 2.48. The van der Waals surface area contributed by atoms with Crippen molar-refractivity contribution in [2.75, 3.05) is 6.54 Å². The van der Waals surface area contributed by atoms with E-state index < -0.39 is 0 Å². The van der Waals surface area contributed by atoms with Crippen LogP contribution in [0.25, 0.3) is 0 Å². The summed E-state index contributed by atoms with van der Waals surface area (Å²) in [6.45, 7) is 3.14. The first-order chi connectivity index (χ1) is 6.93. The average molecular weight is 194 g/mol. The van der Waals surface area contributed by atoms with E-state index in [1.807, 2.05) is 6.21 Å². The van der Waals surface area contributed by atoms with Crippen LogP contribution in [0.4, 0.5) is 0 Å². The Labute approximate surface area is 87.5 Å². The minimum Gasteiger partial charge on any atom is -0.291 e. The highest BCUT2D eigenvalue weighted by molar-refractivity contribution is 5.61. The van der Waals surface area contributed by atoms with Crippen molar-refractivity contribution < 1.29 is 0 Å². The second-order valence-electron chi connectivity index (χ2n) is 3.77. The molecule has 1 N–H and O–H groups in total. The van der Waals surface area contributed by atoms with E-state index in [1.54, 1.807) is 0 Å². The van der Waals surface area contributed by atoms with E-state index in [0.717, 1.165) is 6.54 Å². The number of unbranched alkanes of at least 4 members (excludes halogenated alkanes) is 3. The summed E-state index contributed by atoms with van der Waals surface area (Å²) >= 11 is 0. The van der Waals surface area contributed by atoms with E-state index in [-0.39, 0.29) is 0 Å². The Kier molecular flexibility index (Phi) is 6.33. The van der Waals surface area contributed by atoms with Gasteiger partial charge in [-0.1, -0.05) is 25.5 Å². The summed E-state index contributed by atoms with van der Waals surface area (Å²) in [5.74, 6) is 0. The minimum absolute atomic E-state index is 0.418. The van der Waals surface area contributed by atoms with Gasteiger partial charge in [-0.3, -0.25) is 10.3 Å². The lowest BCUT2D eigenvalue weighted by Crippen LogP contribution is -2.21. The third-order valence-corrected chi connectivity index (χ3v) is 2.48. The van der Waals surface area contributed by atoms with Crippen LogP contribution < -0.4 is 5.32 Å². The summed E-state index contributed by atoms with van der Waals surface area (Å²) in [6.07, 6.45) is 14.5. The molecule has 1 atom stereocenters. The Bertz CT molecular complexity index is 185. The number of allylic oxidation sites excluding steroid dienone is 2. The second-order valence-corrected chi connectivity index (χ2v) is 3.77. The average Bonchev–Trinajstić information content (AvgIpc) is 2.69. The van der Waals surface area contributed by atoms with Crippen molar-refractivity contribution in [2.24, 2.45) is 4.99 Å². The number of nitrogens with zero attached hydrogens (tertiary/aromatic N) is 1. The topological polar surface area (TPSA) is 24.4 Å². The predicted octanol–water partition coefficient (Wildman–Crippen LogP) is 2.90. The van der Waals surface area contributed by atoms with Gasteiger partial charge in [0.15, 0.2) is 0 Å². The Morgan fingerprint density at radius 2 is 2.29 bits per heavy atom. The normalized spacial score (nSPS) is 21.1. The van der Waals surface area contributed by atoms with Crippen LogP contribution in [0.5, 0.6) is 0 Å². The first-order valence-electron chi connectivity index (χ1n) is 5.83. The predicted molar refractivity (Wildman–Crippen MR) is 62.8 cm³/mol. The van der Waals surface area contributed by atoms with E-state index >= 15 is 0 Å². The number of rotatable bonds is 7. The van der Waals surface area contributed by atoms with E-state index in [4.69, 9.17) is 0 Å². The van der Waals surface area contributed by atoms with Crippen LogP contribution >= 0.6 is 0 Å². The van der Waals surface area contributed by atoms with Gasteiger partial charge in [0.2, 0.25) is 0 Å². The molecule has 2 nitrogen and oxygen atoms in total. The van der Waals surface area contributed by atoms with Crippen LogP contribution in [0.1, 0.15) is 45.4 Å². The highest BCUT2D eigenvalue weighted by Crippen LogP contribution is 2.08. The Hall–Kier alpha value is -0.630. The van der Waals surface area contributed by atoms with Crippen molar-refractivity contribution in [1.82, 2.24) is 5.32 Å². The molecule has 0 aromatic heterocycles. The molecule has 0 radical (unpaired) electrons. The summed E-state index contributed by atoms with van der Waals surface area (Å²) < 4.78 is 0. The highest BCUT2D eigenvalue weighted by Gasteiger charge is 2.07. The molecule has 0 aliphatic carbocycles. The van der Waals surface area contributed by atoms with E-state index in [9.17, 15) is 0 Å². The molecular formula is C12H22N2. The first-order valence-corrected chi connectivity index (χ1v) is 5.83. The van der Waals surface area contributed by atoms with Gasteiger partial charge >= 0.3 is 0 Å². The molecule has 0 aromatic rings. The SMILES string of the molecule is CC/C=C/CCCCCC1N=CCN1. The molecule has 0 saturated heterocycles. The van der Waals surface area contributed by atoms with Gasteiger partial charge in [-0.15, -0.1) is 0 Å². The molecule has 1 unspecified atom stereocenters. The maximum absolute atomic E-state index is 4.33. The third kappa shape index (κ3) is 5.18. The molecule has 0 spiro atoms. The lowest BCUT2D eigenvalue weighted by atomic mass is 10.1. The maximum Gasteiger partial charge on any atom is 0.0993 e. The maximum atomic E-state index is 4.33. The molecule has 2 heteroatoms. The molecule has 0 aromatic carbocycles.